The van der Waals surface area contributed by atoms with Crippen molar-refractivity contribution >= 4 is 6.09 Å². The Hall–Kier alpha value is -1.52. The number of nitrogens with zero attached hydrogens (tertiary/aromatic N) is 2. The van der Waals surface area contributed by atoms with Crippen LogP contribution in [0.15, 0.2) is 12.3 Å². The first-order valence-corrected chi connectivity index (χ1v) is 5.43. The Balaban J connectivity index is 1.82. The standard InChI is InChI=1S/C11H17N3O2/c1-11(2,3)16-10(15)14-6-8(7-14)9-4-5-12-13-9/h4-5,8H,6-7H2,1-3H3,(H,12,13). The smallest absolute Gasteiger partial charge is 0.410 e. The van der Waals surface area contributed by atoms with Crippen molar-refractivity contribution in [2.75, 3.05) is 13.1 Å². The van der Waals surface area contributed by atoms with Crippen LogP contribution >= 0.6 is 0 Å². The molecule has 16 heavy (non-hydrogen) atoms. The Bertz CT molecular complexity index is 361. The zero-order valence-electron chi connectivity index (χ0n) is 9.86. The highest BCUT2D eigenvalue weighted by Gasteiger charge is 2.35. The average Bonchev–Trinajstić information content (AvgIpc) is 2.49. The van der Waals surface area contributed by atoms with Gasteiger partial charge in [0.1, 0.15) is 5.60 Å². The summed E-state index contributed by atoms with van der Waals surface area (Å²) in [7, 11) is 0. The Morgan fingerprint density at radius 2 is 2.25 bits per heavy atom. The lowest BCUT2D eigenvalue weighted by Crippen LogP contribution is -2.50. The van der Waals surface area contributed by atoms with Crippen molar-refractivity contribution in [3.05, 3.63) is 18.0 Å². The van der Waals surface area contributed by atoms with Crippen molar-refractivity contribution in [2.24, 2.45) is 0 Å². The number of rotatable bonds is 1. The molecule has 1 amide bonds. The van der Waals surface area contributed by atoms with Crippen LogP contribution < -0.4 is 0 Å². The van der Waals surface area contributed by atoms with E-state index < -0.39 is 5.60 Å². The minimum absolute atomic E-state index is 0.233. The van der Waals surface area contributed by atoms with Crippen LogP contribution in [-0.2, 0) is 4.74 Å². The number of likely N-dealkylation sites (tertiary alicyclic amines) is 1. The van der Waals surface area contributed by atoms with Crippen molar-refractivity contribution in [2.45, 2.75) is 32.3 Å². The second-order valence-corrected chi connectivity index (χ2v) is 5.09. The number of carbonyl (C=O) groups excluding carboxylic acids is 1. The number of aromatic amines is 1. The lowest BCUT2D eigenvalue weighted by molar-refractivity contribution is 0.00787. The molecule has 1 saturated heterocycles. The molecule has 5 heteroatoms. The van der Waals surface area contributed by atoms with Crippen molar-refractivity contribution in [1.29, 1.82) is 0 Å². The SMILES string of the molecule is CC(C)(C)OC(=O)N1CC(c2ccn[nH]2)C1. The van der Waals surface area contributed by atoms with E-state index in [9.17, 15) is 4.79 Å². The molecule has 0 radical (unpaired) electrons. The molecule has 2 rings (SSSR count). The van der Waals surface area contributed by atoms with Gasteiger partial charge in [0.05, 0.1) is 0 Å². The first-order valence-electron chi connectivity index (χ1n) is 5.43. The number of aromatic nitrogens is 2. The summed E-state index contributed by atoms with van der Waals surface area (Å²) in [5, 5.41) is 6.81. The number of hydrogen-bond acceptors (Lipinski definition) is 3. The third-order valence-electron chi connectivity index (χ3n) is 2.50. The van der Waals surface area contributed by atoms with E-state index in [-0.39, 0.29) is 6.09 Å². The second-order valence-electron chi connectivity index (χ2n) is 5.09. The monoisotopic (exact) mass is 223 g/mol. The molecule has 0 spiro atoms. The third kappa shape index (κ3) is 2.35. The molecule has 0 atom stereocenters. The molecule has 0 saturated carbocycles. The minimum atomic E-state index is -0.420. The third-order valence-corrected chi connectivity index (χ3v) is 2.50. The van der Waals surface area contributed by atoms with Gasteiger partial charge in [-0.25, -0.2) is 4.79 Å². The summed E-state index contributed by atoms with van der Waals surface area (Å²) < 4.78 is 5.27. The molecule has 0 aliphatic carbocycles. The van der Waals surface area contributed by atoms with E-state index >= 15 is 0 Å². The van der Waals surface area contributed by atoms with Crippen LogP contribution in [0, 0.1) is 0 Å². The normalized spacial score (nSPS) is 17.1. The van der Waals surface area contributed by atoms with Gasteiger partial charge < -0.3 is 9.64 Å². The molecule has 1 aromatic rings. The number of carbonyl (C=O) groups is 1. The fourth-order valence-corrected chi connectivity index (χ4v) is 1.64. The number of nitrogens with one attached hydrogen (secondary N) is 1. The molecular weight excluding hydrogens is 206 g/mol. The molecule has 1 aliphatic rings. The van der Waals surface area contributed by atoms with Gasteiger partial charge in [-0.05, 0) is 26.8 Å². The number of ether oxygens (including phenoxy) is 1. The summed E-state index contributed by atoms with van der Waals surface area (Å²) in [6, 6.07) is 1.94. The molecular formula is C11H17N3O2. The van der Waals surface area contributed by atoms with Gasteiger partial charge in [-0.15, -0.1) is 0 Å². The molecule has 0 unspecified atom stereocenters. The highest BCUT2D eigenvalue weighted by Crippen LogP contribution is 2.26. The van der Waals surface area contributed by atoms with Crippen LogP contribution in [-0.4, -0.2) is 39.9 Å². The van der Waals surface area contributed by atoms with Crippen LogP contribution in [0.4, 0.5) is 4.79 Å². The van der Waals surface area contributed by atoms with Crippen LogP contribution in [0.25, 0.3) is 0 Å². The van der Waals surface area contributed by atoms with Crippen molar-refractivity contribution < 1.29 is 9.53 Å². The highest BCUT2D eigenvalue weighted by atomic mass is 16.6. The van der Waals surface area contributed by atoms with Gasteiger partial charge in [-0.2, -0.15) is 5.10 Å². The van der Waals surface area contributed by atoms with Gasteiger partial charge in [0, 0.05) is 30.9 Å². The van der Waals surface area contributed by atoms with E-state index in [0.717, 1.165) is 5.69 Å². The summed E-state index contributed by atoms with van der Waals surface area (Å²) in [5.74, 6) is 0.370. The largest absolute Gasteiger partial charge is 0.444 e. The topological polar surface area (TPSA) is 58.2 Å². The molecule has 2 heterocycles. The van der Waals surface area contributed by atoms with Crippen LogP contribution in [0.5, 0.6) is 0 Å². The minimum Gasteiger partial charge on any atom is -0.444 e. The fourth-order valence-electron chi connectivity index (χ4n) is 1.64. The predicted octanol–water partition coefficient (Wildman–Crippen LogP) is 1.74. The maximum absolute atomic E-state index is 11.6. The summed E-state index contributed by atoms with van der Waals surface area (Å²) in [4.78, 5) is 13.3. The zero-order chi connectivity index (χ0) is 11.8. The molecule has 1 aliphatic heterocycles. The van der Waals surface area contributed by atoms with E-state index in [2.05, 4.69) is 10.2 Å². The Kier molecular flexibility index (Phi) is 2.61. The highest BCUT2D eigenvalue weighted by molar-refractivity contribution is 5.69. The van der Waals surface area contributed by atoms with Crippen molar-refractivity contribution in [3.8, 4) is 0 Å². The van der Waals surface area contributed by atoms with Gasteiger partial charge in [0.2, 0.25) is 0 Å². The molecule has 1 N–H and O–H groups in total. The van der Waals surface area contributed by atoms with Gasteiger partial charge in [0.15, 0.2) is 0 Å². The van der Waals surface area contributed by atoms with Gasteiger partial charge in [-0.3, -0.25) is 5.10 Å². The Labute approximate surface area is 94.8 Å². The molecule has 0 bridgehead atoms. The molecule has 1 fully saturated rings. The molecule has 5 nitrogen and oxygen atoms in total. The van der Waals surface area contributed by atoms with Crippen molar-refractivity contribution in [1.82, 2.24) is 15.1 Å². The molecule has 0 aromatic carbocycles. The summed E-state index contributed by atoms with van der Waals surface area (Å²) >= 11 is 0. The summed E-state index contributed by atoms with van der Waals surface area (Å²) in [6.45, 7) is 7.03. The van der Waals surface area contributed by atoms with Gasteiger partial charge in [-0.1, -0.05) is 0 Å². The first kappa shape index (κ1) is 11.0. The van der Waals surface area contributed by atoms with Crippen LogP contribution in [0.2, 0.25) is 0 Å². The maximum atomic E-state index is 11.6. The second kappa shape index (κ2) is 3.81. The zero-order valence-corrected chi connectivity index (χ0v) is 9.86. The lowest BCUT2D eigenvalue weighted by atomic mass is 9.97. The van der Waals surface area contributed by atoms with E-state index in [1.807, 2.05) is 26.8 Å². The van der Waals surface area contributed by atoms with Gasteiger partial charge >= 0.3 is 6.09 Å². The quantitative estimate of drug-likeness (QED) is 0.789. The first-order chi connectivity index (χ1) is 7.46. The molecule has 1 aromatic heterocycles. The van der Waals surface area contributed by atoms with E-state index in [4.69, 9.17) is 4.74 Å². The predicted molar refractivity (Wildman–Crippen MR) is 59.1 cm³/mol. The summed E-state index contributed by atoms with van der Waals surface area (Å²) in [6.07, 6.45) is 1.49. The lowest BCUT2D eigenvalue weighted by Gasteiger charge is -2.39. The van der Waals surface area contributed by atoms with E-state index in [1.54, 1.807) is 11.1 Å². The summed E-state index contributed by atoms with van der Waals surface area (Å²) in [5.41, 5.74) is 0.663. The van der Waals surface area contributed by atoms with Crippen LogP contribution in [0.1, 0.15) is 32.4 Å². The molecule has 88 valence electrons. The Morgan fingerprint density at radius 1 is 1.56 bits per heavy atom. The van der Waals surface area contributed by atoms with Crippen LogP contribution in [0.3, 0.4) is 0 Å². The average molecular weight is 223 g/mol. The van der Waals surface area contributed by atoms with E-state index in [1.165, 1.54) is 0 Å². The Morgan fingerprint density at radius 3 is 2.75 bits per heavy atom. The van der Waals surface area contributed by atoms with Crippen molar-refractivity contribution in [3.63, 3.8) is 0 Å². The van der Waals surface area contributed by atoms with Gasteiger partial charge in [0.25, 0.3) is 0 Å². The fraction of sp³-hybridized carbons (Fsp3) is 0.636. The van der Waals surface area contributed by atoms with E-state index in [0.29, 0.717) is 19.0 Å². The number of amides is 1. The number of hydrogen-bond donors (Lipinski definition) is 1. The maximum Gasteiger partial charge on any atom is 0.410 e. The number of H-pyrrole nitrogens is 1.